The van der Waals surface area contributed by atoms with E-state index in [4.69, 9.17) is 0 Å². The normalized spacial score (nSPS) is 12.2. The van der Waals surface area contributed by atoms with Gasteiger partial charge in [0.25, 0.3) is 0 Å². The maximum atomic E-state index is 4.20. The second kappa shape index (κ2) is 6.44. The summed E-state index contributed by atoms with van der Waals surface area (Å²) in [4.78, 5) is 0. The quantitative estimate of drug-likeness (QED) is 0.335. The van der Waals surface area contributed by atoms with E-state index in [9.17, 15) is 0 Å². The molecular weight excluding hydrogens is 320 g/mol. The Bertz CT molecular complexity index is 1010. The molecule has 2 aromatic carbocycles. The van der Waals surface area contributed by atoms with E-state index < -0.39 is 0 Å². The molecule has 0 spiro atoms. The molecule has 0 amide bonds. The fourth-order valence-corrected chi connectivity index (χ4v) is 4.46. The van der Waals surface area contributed by atoms with E-state index in [0.717, 1.165) is 12.0 Å². The minimum absolute atomic E-state index is 0.811. The van der Waals surface area contributed by atoms with E-state index in [0.29, 0.717) is 0 Å². The fourth-order valence-electron chi connectivity index (χ4n) is 2.57. The lowest BCUT2D eigenvalue weighted by Crippen LogP contribution is -1.83. The summed E-state index contributed by atoms with van der Waals surface area (Å²) in [6.45, 7) is 0. The molecule has 2 aromatic heterocycles. The minimum Gasteiger partial charge on any atom is -0.163 e. The summed E-state index contributed by atoms with van der Waals surface area (Å²) < 4.78 is 2.60. The van der Waals surface area contributed by atoms with Gasteiger partial charge in [0.1, 0.15) is 0 Å². The van der Waals surface area contributed by atoms with Gasteiger partial charge in [-0.3, -0.25) is 0 Å². The molecule has 112 valence electrons. The molecule has 4 heteroatoms. The van der Waals surface area contributed by atoms with Gasteiger partial charge in [0.05, 0.1) is 6.21 Å². The van der Waals surface area contributed by atoms with Crippen LogP contribution in [0.15, 0.2) is 69.5 Å². The number of benzene rings is 2. The Labute approximate surface area is 142 Å². The van der Waals surface area contributed by atoms with Crippen molar-refractivity contribution in [1.82, 2.24) is 0 Å². The third-order valence-corrected chi connectivity index (χ3v) is 5.72. The Morgan fingerprint density at radius 3 is 2.35 bits per heavy atom. The first-order chi connectivity index (χ1) is 11.4. The molecule has 0 unspecified atom stereocenters. The van der Waals surface area contributed by atoms with Crippen LogP contribution in [0.25, 0.3) is 20.2 Å². The maximum Gasteiger partial charge on any atom is 0.0582 e. The first-order valence-corrected chi connectivity index (χ1v) is 9.14. The van der Waals surface area contributed by atoms with Crippen LogP contribution >= 0.6 is 22.7 Å². The van der Waals surface area contributed by atoms with Crippen molar-refractivity contribution in [2.75, 3.05) is 0 Å². The fraction of sp³-hybridized carbons (Fsp3) is 0.0526. The second-order valence-corrected chi connectivity index (χ2v) is 7.01. The molecule has 0 N–H and O–H groups in total. The van der Waals surface area contributed by atoms with Crippen LogP contribution in [0.2, 0.25) is 0 Å². The van der Waals surface area contributed by atoms with Crippen molar-refractivity contribution in [3.8, 4) is 0 Å². The average molecular weight is 334 g/mol. The highest BCUT2D eigenvalue weighted by atomic mass is 32.1. The molecule has 0 fully saturated rings. The van der Waals surface area contributed by atoms with Crippen molar-refractivity contribution in [2.45, 2.75) is 6.42 Å². The second-order valence-electron chi connectivity index (χ2n) is 5.19. The lowest BCUT2D eigenvalue weighted by atomic mass is 10.1. The topological polar surface area (TPSA) is 24.7 Å². The number of rotatable bonds is 4. The molecule has 4 rings (SSSR count). The third kappa shape index (κ3) is 2.96. The van der Waals surface area contributed by atoms with Crippen LogP contribution in [-0.4, -0.2) is 12.4 Å². The first kappa shape index (κ1) is 14.3. The van der Waals surface area contributed by atoms with Gasteiger partial charge in [-0.15, -0.1) is 22.7 Å². The molecule has 0 atom stereocenters. The van der Waals surface area contributed by atoms with Crippen LogP contribution < -0.4 is 0 Å². The van der Waals surface area contributed by atoms with Crippen LogP contribution in [0, 0.1) is 0 Å². The van der Waals surface area contributed by atoms with Crippen LogP contribution in [0.3, 0.4) is 0 Å². The molecule has 0 bridgehead atoms. The molecule has 0 aliphatic rings. The maximum absolute atomic E-state index is 4.20. The van der Waals surface area contributed by atoms with Crippen molar-refractivity contribution in [3.63, 3.8) is 0 Å². The lowest BCUT2D eigenvalue weighted by molar-refractivity contribution is 1.24. The van der Waals surface area contributed by atoms with Crippen molar-refractivity contribution in [3.05, 3.63) is 70.4 Å². The van der Waals surface area contributed by atoms with Gasteiger partial charge in [-0.1, -0.05) is 36.4 Å². The number of hydrogen-bond acceptors (Lipinski definition) is 4. The summed E-state index contributed by atoms with van der Waals surface area (Å²) in [6.07, 6.45) is 4.52. The summed E-state index contributed by atoms with van der Waals surface area (Å²) in [5.74, 6) is 0. The molecule has 23 heavy (non-hydrogen) atoms. The summed E-state index contributed by atoms with van der Waals surface area (Å²) >= 11 is 3.51. The van der Waals surface area contributed by atoms with E-state index in [1.54, 1.807) is 22.7 Å². The number of fused-ring (bicyclic) bond motifs is 2. The van der Waals surface area contributed by atoms with Crippen LogP contribution in [0.1, 0.15) is 11.1 Å². The zero-order valence-corrected chi connectivity index (χ0v) is 14.0. The molecule has 0 aliphatic heterocycles. The lowest BCUT2D eigenvalue weighted by Gasteiger charge is -1.92. The predicted molar refractivity (Wildman–Crippen MR) is 103 cm³/mol. The molecule has 0 saturated carbocycles. The number of thiophene rings is 2. The average Bonchev–Trinajstić information content (AvgIpc) is 3.19. The standard InChI is InChI=1S/C19H14N2S2/c1-3-7-18-16(5-1)14(12-22-18)9-10-20-21-11-15-13-23-19-8-4-2-6-17(15)19/h1-8,10-13H,9H2. The predicted octanol–water partition coefficient (Wildman–Crippen LogP) is 5.76. The summed E-state index contributed by atoms with van der Waals surface area (Å²) in [6, 6.07) is 16.8. The Morgan fingerprint density at radius 2 is 1.48 bits per heavy atom. The Balaban J connectivity index is 1.47. The largest absolute Gasteiger partial charge is 0.163 e. The van der Waals surface area contributed by atoms with Crippen molar-refractivity contribution in [2.24, 2.45) is 10.2 Å². The number of hydrogen-bond donors (Lipinski definition) is 0. The van der Waals surface area contributed by atoms with E-state index in [2.05, 4.69) is 69.5 Å². The molecule has 2 heterocycles. The van der Waals surface area contributed by atoms with Crippen LogP contribution in [0.5, 0.6) is 0 Å². The highest BCUT2D eigenvalue weighted by Crippen LogP contribution is 2.26. The van der Waals surface area contributed by atoms with E-state index in [1.165, 1.54) is 25.7 Å². The Hall–Kier alpha value is -2.30. The van der Waals surface area contributed by atoms with Gasteiger partial charge in [0, 0.05) is 38.4 Å². The molecule has 4 aromatic rings. The number of nitrogens with zero attached hydrogens (tertiary/aromatic N) is 2. The van der Waals surface area contributed by atoms with Gasteiger partial charge >= 0.3 is 0 Å². The van der Waals surface area contributed by atoms with Gasteiger partial charge in [0.2, 0.25) is 0 Å². The Morgan fingerprint density at radius 1 is 0.783 bits per heavy atom. The Kier molecular flexibility index (Phi) is 4.01. The highest BCUT2D eigenvalue weighted by Gasteiger charge is 2.01. The van der Waals surface area contributed by atoms with Gasteiger partial charge in [0.15, 0.2) is 0 Å². The zero-order chi connectivity index (χ0) is 15.5. The van der Waals surface area contributed by atoms with Gasteiger partial charge < -0.3 is 0 Å². The molecular formula is C19H14N2S2. The first-order valence-electron chi connectivity index (χ1n) is 7.38. The molecule has 0 saturated heterocycles. The summed E-state index contributed by atoms with van der Waals surface area (Å²) in [5, 5.41) is 15.3. The molecule has 0 aliphatic carbocycles. The van der Waals surface area contributed by atoms with Crippen molar-refractivity contribution in [1.29, 1.82) is 0 Å². The monoisotopic (exact) mass is 334 g/mol. The molecule has 2 nitrogen and oxygen atoms in total. The SMILES string of the molecule is C(Cc1csc2ccccc12)=NN=Cc1csc2ccccc12. The van der Waals surface area contributed by atoms with Gasteiger partial charge in [-0.05, 0) is 28.5 Å². The van der Waals surface area contributed by atoms with Crippen LogP contribution in [-0.2, 0) is 6.42 Å². The van der Waals surface area contributed by atoms with Gasteiger partial charge in [-0.2, -0.15) is 10.2 Å². The van der Waals surface area contributed by atoms with E-state index >= 15 is 0 Å². The van der Waals surface area contributed by atoms with Gasteiger partial charge in [-0.25, -0.2) is 0 Å². The van der Waals surface area contributed by atoms with Crippen molar-refractivity contribution < 1.29 is 0 Å². The minimum atomic E-state index is 0.811. The van der Waals surface area contributed by atoms with E-state index in [1.807, 2.05) is 12.4 Å². The zero-order valence-electron chi connectivity index (χ0n) is 12.3. The van der Waals surface area contributed by atoms with Crippen molar-refractivity contribution >= 4 is 55.3 Å². The smallest absolute Gasteiger partial charge is 0.0582 e. The third-order valence-electron chi connectivity index (χ3n) is 3.73. The summed E-state index contributed by atoms with van der Waals surface area (Å²) in [7, 11) is 0. The highest BCUT2D eigenvalue weighted by molar-refractivity contribution is 7.17. The summed E-state index contributed by atoms with van der Waals surface area (Å²) in [5.41, 5.74) is 2.44. The molecule has 0 radical (unpaired) electrons. The van der Waals surface area contributed by atoms with E-state index in [-0.39, 0.29) is 0 Å². The van der Waals surface area contributed by atoms with Crippen LogP contribution in [0.4, 0.5) is 0 Å².